The summed E-state index contributed by atoms with van der Waals surface area (Å²) >= 11 is 0. The molecular weight excluding hydrogens is 260 g/mol. The van der Waals surface area contributed by atoms with Crippen LogP contribution in [0.1, 0.15) is 12.8 Å². The van der Waals surface area contributed by atoms with Crippen LogP contribution in [0.15, 0.2) is 42.6 Å². The molecule has 2 fully saturated rings. The highest BCUT2D eigenvalue weighted by Crippen LogP contribution is 2.27. The summed E-state index contributed by atoms with van der Waals surface area (Å²) in [5.74, 6) is 1.03. The Bertz CT molecular complexity index is 613. The largest absolute Gasteiger partial charge is 0.350 e. The maximum Gasteiger partial charge on any atom is 0.152 e. The summed E-state index contributed by atoms with van der Waals surface area (Å²) < 4.78 is 0. The molecule has 4 rings (SSSR count). The van der Waals surface area contributed by atoms with Crippen molar-refractivity contribution in [3.63, 3.8) is 0 Å². The first kappa shape index (κ1) is 12.8. The molecule has 1 aromatic heterocycles. The standard InChI is InChI=1S/C17H20N4/c1-2-5-14(6-3-1)15-11-17(19-18-12-15)21-10-9-20-8-4-7-16(21)13-20/h1-3,5-6,11-12,16H,4,7-10,13H2. The van der Waals surface area contributed by atoms with Crippen LogP contribution in [0.5, 0.6) is 0 Å². The summed E-state index contributed by atoms with van der Waals surface area (Å²) in [5, 5.41) is 8.63. The first-order valence-corrected chi connectivity index (χ1v) is 7.77. The molecule has 2 unspecified atom stereocenters. The Hall–Kier alpha value is -1.94. The minimum absolute atomic E-state index is 0.604. The molecule has 21 heavy (non-hydrogen) atoms. The monoisotopic (exact) mass is 280 g/mol. The van der Waals surface area contributed by atoms with Gasteiger partial charge in [-0.3, -0.25) is 4.90 Å². The Labute approximate surface area is 125 Å². The number of benzene rings is 1. The van der Waals surface area contributed by atoms with Gasteiger partial charge in [-0.15, -0.1) is 5.10 Å². The molecule has 3 heterocycles. The van der Waals surface area contributed by atoms with Crippen LogP contribution in [0.25, 0.3) is 11.1 Å². The van der Waals surface area contributed by atoms with E-state index in [0.717, 1.165) is 24.5 Å². The van der Waals surface area contributed by atoms with Crippen molar-refractivity contribution in [2.75, 3.05) is 31.1 Å². The zero-order valence-electron chi connectivity index (χ0n) is 12.2. The van der Waals surface area contributed by atoms with E-state index in [-0.39, 0.29) is 0 Å². The number of hydrogen-bond acceptors (Lipinski definition) is 4. The number of anilines is 1. The van der Waals surface area contributed by atoms with Crippen molar-refractivity contribution < 1.29 is 0 Å². The number of fused-ring (bicyclic) bond motifs is 2. The molecule has 2 aliphatic heterocycles. The maximum atomic E-state index is 4.39. The van der Waals surface area contributed by atoms with E-state index in [4.69, 9.17) is 0 Å². The Morgan fingerprint density at radius 2 is 1.90 bits per heavy atom. The summed E-state index contributed by atoms with van der Waals surface area (Å²) in [4.78, 5) is 5.02. The molecule has 2 saturated heterocycles. The number of aromatic nitrogens is 2. The van der Waals surface area contributed by atoms with E-state index in [0.29, 0.717) is 6.04 Å². The second-order valence-corrected chi connectivity index (χ2v) is 5.96. The van der Waals surface area contributed by atoms with E-state index in [1.54, 1.807) is 0 Å². The van der Waals surface area contributed by atoms with Gasteiger partial charge in [0.05, 0.1) is 6.20 Å². The number of nitrogens with zero attached hydrogens (tertiary/aromatic N) is 4. The third-order valence-corrected chi connectivity index (χ3v) is 4.62. The van der Waals surface area contributed by atoms with Crippen LogP contribution in [-0.2, 0) is 0 Å². The summed E-state index contributed by atoms with van der Waals surface area (Å²) in [5.41, 5.74) is 2.36. The highest BCUT2D eigenvalue weighted by molar-refractivity contribution is 5.65. The predicted molar refractivity (Wildman–Crippen MR) is 84.3 cm³/mol. The normalized spacial score (nSPS) is 24.9. The molecule has 4 nitrogen and oxygen atoms in total. The lowest BCUT2D eigenvalue weighted by molar-refractivity contribution is 0.173. The van der Waals surface area contributed by atoms with Crippen molar-refractivity contribution in [3.8, 4) is 11.1 Å². The topological polar surface area (TPSA) is 32.3 Å². The molecule has 0 radical (unpaired) electrons. The van der Waals surface area contributed by atoms with Gasteiger partial charge in [0.25, 0.3) is 0 Å². The second-order valence-electron chi connectivity index (χ2n) is 5.96. The number of piperazine rings is 1. The lowest BCUT2D eigenvalue weighted by Gasteiger charge is -2.45. The van der Waals surface area contributed by atoms with Crippen LogP contribution in [0.3, 0.4) is 0 Å². The van der Waals surface area contributed by atoms with Crippen LogP contribution in [-0.4, -0.2) is 47.3 Å². The summed E-state index contributed by atoms with van der Waals surface area (Å²) in [6, 6.07) is 13.2. The van der Waals surface area contributed by atoms with E-state index in [2.05, 4.69) is 50.3 Å². The van der Waals surface area contributed by atoms with Gasteiger partial charge in [0.15, 0.2) is 5.82 Å². The minimum atomic E-state index is 0.604. The van der Waals surface area contributed by atoms with Crippen molar-refractivity contribution >= 4 is 5.82 Å². The first-order chi connectivity index (χ1) is 10.4. The van der Waals surface area contributed by atoms with Crippen LogP contribution in [0.4, 0.5) is 5.82 Å². The van der Waals surface area contributed by atoms with Crippen LogP contribution in [0, 0.1) is 0 Å². The van der Waals surface area contributed by atoms with Crippen LogP contribution in [0.2, 0.25) is 0 Å². The molecule has 2 bridgehead atoms. The number of hydrogen-bond donors (Lipinski definition) is 0. The minimum Gasteiger partial charge on any atom is -0.350 e. The van der Waals surface area contributed by atoms with Gasteiger partial charge in [0.2, 0.25) is 0 Å². The molecular formula is C17H20N4. The molecule has 0 N–H and O–H groups in total. The third-order valence-electron chi connectivity index (χ3n) is 4.62. The quantitative estimate of drug-likeness (QED) is 0.845. The van der Waals surface area contributed by atoms with E-state index < -0.39 is 0 Å². The van der Waals surface area contributed by atoms with Gasteiger partial charge >= 0.3 is 0 Å². The fraction of sp³-hybridized carbons (Fsp3) is 0.412. The van der Waals surface area contributed by atoms with Gasteiger partial charge in [-0.25, -0.2) is 0 Å². The van der Waals surface area contributed by atoms with Crippen molar-refractivity contribution in [3.05, 3.63) is 42.6 Å². The Balaban J connectivity index is 1.63. The third kappa shape index (κ3) is 2.51. The van der Waals surface area contributed by atoms with E-state index in [1.807, 2.05) is 12.3 Å². The molecule has 2 aromatic rings. The molecule has 2 aliphatic rings. The van der Waals surface area contributed by atoms with E-state index >= 15 is 0 Å². The Morgan fingerprint density at radius 1 is 1.00 bits per heavy atom. The fourth-order valence-electron chi connectivity index (χ4n) is 3.51. The van der Waals surface area contributed by atoms with Crippen molar-refractivity contribution in [1.82, 2.24) is 15.1 Å². The molecule has 0 amide bonds. The van der Waals surface area contributed by atoms with Gasteiger partial charge in [-0.2, -0.15) is 5.10 Å². The van der Waals surface area contributed by atoms with Gasteiger partial charge in [-0.1, -0.05) is 30.3 Å². The van der Waals surface area contributed by atoms with Gasteiger partial charge in [0.1, 0.15) is 0 Å². The number of rotatable bonds is 2. The molecule has 4 heteroatoms. The molecule has 0 saturated carbocycles. The molecule has 0 spiro atoms. The van der Waals surface area contributed by atoms with Gasteiger partial charge in [0, 0.05) is 31.2 Å². The molecule has 1 aromatic carbocycles. The highest BCUT2D eigenvalue weighted by Gasteiger charge is 2.30. The molecule has 0 aliphatic carbocycles. The Kier molecular flexibility index (Phi) is 3.31. The average molecular weight is 280 g/mol. The van der Waals surface area contributed by atoms with Crippen LogP contribution >= 0.6 is 0 Å². The smallest absolute Gasteiger partial charge is 0.152 e. The SMILES string of the molecule is c1ccc(-c2cnnc(N3CCN4CCCC3C4)c2)cc1. The zero-order valence-corrected chi connectivity index (χ0v) is 12.2. The van der Waals surface area contributed by atoms with Gasteiger partial charge < -0.3 is 4.90 Å². The zero-order chi connectivity index (χ0) is 14.1. The van der Waals surface area contributed by atoms with Gasteiger partial charge in [-0.05, 0) is 31.0 Å². The average Bonchev–Trinajstić information content (AvgIpc) is 2.56. The predicted octanol–water partition coefficient (Wildman–Crippen LogP) is 2.43. The summed E-state index contributed by atoms with van der Waals surface area (Å²) in [6.45, 7) is 4.66. The highest BCUT2D eigenvalue weighted by atomic mass is 15.3. The first-order valence-electron chi connectivity index (χ1n) is 7.77. The fourth-order valence-corrected chi connectivity index (χ4v) is 3.51. The maximum absolute atomic E-state index is 4.39. The lowest BCUT2D eigenvalue weighted by atomic mass is 10.0. The summed E-state index contributed by atoms with van der Waals surface area (Å²) in [6.07, 6.45) is 4.43. The second kappa shape index (κ2) is 5.45. The van der Waals surface area contributed by atoms with Crippen molar-refractivity contribution in [1.29, 1.82) is 0 Å². The van der Waals surface area contributed by atoms with E-state index in [9.17, 15) is 0 Å². The van der Waals surface area contributed by atoms with Crippen molar-refractivity contribution in [2.24, 2.45) is 0 Å². The lowest BCUT2D eigenvalue weighted by Crippen LogP contribution is -2.56. The van der Waals surface area contributed by atoms with Crippen LogP contribution < -0.4 is 4.90 Å². The van der Waals surface area contributed by atoms with Crippen molar-refractivity contribution in [2.45, 2.75) is 18.9 Å². The summed E-state index contributed by atoms with van der Waals surface area (Å²) in [7, 11) is 0. The number of piperidine rings is 1. The van der Waals surface area contributed by atoms with E-state index in [1.165, 1.54) is 31.5 Å². The Morgan fingerprint density at radius 3 is 2.81 bits per heavy atom. The molecule has 2 atom stereocenters. The molecule has 108 valence electrons.